The number of likely N-dealkylation sites (tertiary alicyclic amines) is 1. The van der Waals surface area contributed by atoms with E-state index in [1.165, 1.54) is 37.2 Å². The number of anilines is 1. The summed E-state index contributed by atoms with van der Waals surface area (Å²) >= 11 is 0. The van der Waals surface area contributed by atoms with Gasteiger partial charge in [0, 0.05) is 31.4 Å². The van der Waals surface area contributed by atoms with Crippen LogP contribution in [0.25, 0.3) is 0 Å². The Bertz CT molecular complexity index is 661. The lowest BCUT2D eigenvalue weighted by Gasteiger charge is -2.37. The lowest BCUT2D eigenvalue weighted by molar-refractivity contribution is 0.252. The van der Waals surface area contributed by atoms with Crippen LogP contribution >= 0.6 is 0 Å². The summed E-state index contributed by atoms with van der Waals surface area (Å²) in [4.78, 5) is 4.88. The van der Waals surface area contributed by atoms with Gasteiger partial charge in [0.15, 0.2) is 5.76 Å². The molecule has 2 heterocycles. The summed E-state index contributed by atoms with van der Waals surface area (Å²) in [5.74, 6) is 0.901. The van der Waals surface area contributed by atoms with E-state index in [0.29, 0.717) is 12.6 Å². The second-order valence-corrected chi connectivity index (χ2v) is 7.02. The van der Waals surface area contributed by atoms with Crippen molar-refractivity contribution in [3.8, 4) is 0 Å². The van der Waals surface area contributed by atoms with Crippen molar-refractivity contribution in [2.75, 3.05) is 32.1 Å². The number of piperidine rings is 1. The van der Waals surface area contributed by atoms with Crippen molar-refractivity contribution in [2.45, 2.75) is 45.3 Å². The van der Waals surface area contributed by atoms with Crippen LogP contribution < -0.4 is 10.2 Å². The molecule has 0 radical (unpaired) electrons. The van der Waals surface area contributed by atoms with Crippen molar-refractivity contribution >= 4 is 5.69 Å². The van der Waals surface area contributed by atoms with Crippen LogP contribution in [0.2, 0.25) is 0 Å². The van der Waals surface area contributed by atoms with Crippen molar-refractivity contribution in [1.82, 2.24) is 15.4 Å². The zero-order chi connectivity index (χ0) is 17.6. The molecule has 0 unspecified atom stereocenters. The number of rotatable bonds is 7. The third-order valence-corrected chi connectivity index (χ3v) is 5.19. The minimum Gasteiger partial charge on any atom is -0.371 e. The molecule has 1 fully saturated rings. The molecule has 0 spiro atoms. The first-order valence-electron chi connectivity index (χ1n) is 9.32. The van der Waals surface area contributed by atoms with Gasteiger partial charge in [-0.05, 0) is 51.0 Å². The van der Waals surface area contributed by atoms with Crippen molar-refractivity contribution in [1.29, 1.82) is 0 Å². The Morgan fingerprint density at radius 2 is 2.00 bits per heavy atom. The van der Waals surface area contributed by atoms with E-state index in [9.17, 15) is 0 Å². The van der Waals surface area contributed by atoms with Crippen molar-refractivity contribution in [3.05, 3.63) is 47.3 Å². The van der Waals surface area contributed by atoms with Gasteiger partial charge in [-0.2, -0.15) is 0 Å². The third kappa shape index (κ3) is 4.61. The van der Waals surface area contributed by atoms with Gasteiger partial charge in [-0.15, -0.1) is 0 Å². The average Bonchev–Trinajstić information content (AvgIpc) is 3.10. The van der Waals surface area contributed by atoms with Crippen LogP contribution in [0.4, 0.5) is 5.69 Å². The predicted molar refractivity (Wildman–Crippen MR) is 102 cm³/mol. The number of nitrogens with zero attached hydrogens (tertiary/aromatic N) is 3. The number of hydrogen-bond acceptors (Lipinski definition) is 5. The lowest BCUT2D eigenvalue weighted by atomic mass is 10.0. The van der Waals surface area contributed by atoms with Gasteiger partial charge >= 0.3 is 0 Å². The molecular formula is C20H30N4O. The minimum atomic E-state index is 0.624. The number of para-hydroxylation sites is 1. The molecule has 0 bridgehead atoms. The fraction of sp³-hybridized carbons (Fsp3) is 0.550. The van der Waals surface area contributed by atoms with Gasteiger partial charge in [0.05, 0.1) is 12.2 Å². The Morgan fingerprint density at radius 1 is 1.24 bits per heavy atom. The topological polar surface area (TPSA) is 44.5 Å². The first-order valence-corrected chi connectivity index (χ1v) is 9.32. The van der Waals surface area contributed by atoms with E-state index < -0.39 is 0 Å². The standard InChI is InChI=1S/C20H30N4O/c1-4-17-13-19(25-22-17)15-21-14-16-7-5-6-8-20(16)24(3)18-9-11-23(2)12-10-18/h5-8,13,18,21H,4,9-12,14-15H2,1-3H3. The summed E-state index contributed by atoms with van der Waals surface area (Å²) in [6.07, 6.45) is 3.37. The Balaban J connectivity index is 1.60. The molecule has 5 heteroatoms. The first kappa shape index (κ1) is 18.0. The molecule has 0 atom stereocenters. The quantitative estimate of drug-likeness (QED) is 0.838. The number of benzene rings is 1. The maximum atomic E-state index is 5.35. The second-order valence-electron chi connectivity index (χ2n) is 7.02. The number of nitrogens with one attached hydrogen (secondary N) is 1. The monoisotopic (exact) mass is 342 g/mol. The highest BCUT2D eigenvalue weighted by atomic mass is 16.5. The lowest BCUT2D eigenvalue weighted by Crippen LogP contribution is -2.42. The summed E-state index contributed by atoms with van der Waals surface area (Å²) in [5, 5.41) is 7.54. The molecular weight excluding hydrogens is 312 g/mol. The fourth-order valence-electron chi connectivity index (χ4n) is 3.51. The maximum Gasteiger partial charge on any atom is 0.150 e. The summed E-state index contributed by atoms with van der Waals surface area (Å²) in [5.41, 5.74) is 3.68. The van der Waals surface area contributed by atoms with E-state index in [1.54, 1.807) is 0 Å². The van der Waals surface area contributed by atoms with Gasteiger partial charge in [0.25, 0.3) is 0 Å². The second kappa shape index (κ2) is 8.50. The van der Waals surface area contributed by atoms with Crippen molar-refractivity contribution in [2.24, 2.45) is 0 Å². The van der Waals surface area contributed by atoms with Gasteiger partial charge in [-0.3, -0.25) is 0 Å². The van der Waals surface area contributed by atoms with Crippen LogP contribution in [-0.2, 0) is 19.5 Å². The highest BCUT2D eigenvalue weighted by molar-refractivity contribution is 5.54. The molecule has 0 amide bonds. The van der Waals surface area contributed by atoms with Gasteiger partial charge in [-0.1, -0.05) is 30.3 Å². The van der Waals surface area contributed by atoms with Crippen LogP contribution in [0.3, 0.4) is 0 Å². The molecule has 5 nitrogen and oxygen atoms in total. The predicted octanol–water partition coefficient (Wildman–Crippen LogP) is 3.06. The molecule has 25 heavy (non-hydrogen) atoms. The first-order chi connectivity index (χ1) is 12.2. The van der Waals surface area contributed by atoms with Gasteiger partial charge < -0.3 is 19.6 Å². The smallest absolute Gasteiger partial charge is 0.150 e. The molecule has 1 aliphatic heterocycles. The SMILES string of the molecule is CCc1cc(CNCc2ccccc2N(C)C2CCN(C)CC2)on1. The third-order valence-electron chi connectivity index (χ3n) is 5.19. The Labute approximate surface area is 151 Å². The highest BCUT2D eigenvalue weighted by Crippen LogP contribution is 2.25. The maximum absolute atomic E-state index is 5.35. The molecule has 1 N–H and O–H groups in total. The summed E-state index contributed by atoms with van der Waals surface area (Å²) in [6, 6.07) is 11.4. The zero-order valence-corrected chi connectivity index (χ0v) is 15.7. The molecule has 3 rings (SSSR count). The van der Waals surface area contributed by atoms with Crippen LogP contribution in [0.1, 0.15) is 36.8 Å². The summed E-state index contributed by atoms with van der Waals surface area (Å²) in [6.45, 7) is 5.99. The number of hydrogen-bond donors (Lipinski definition) is 1. The summed E-state index contributed by atoms with van der Waals surface area (Å²) in [7, 11) is 4.44. The molecule has 0 aliphatic carbocycles. The molecule has 136 valence electrons. The molecule has 1 aliphatic rings. The van der Waals surface area contributed by atoms with Crippen LogP contribution in [-0.4, -0.2) is 43.3 Å². The molecule has 1 aromatic heterocycles. The van der Waals surface area contributed by atoms with Crippen LogP contribution in [0, 0.1) is 0 Å². The van der Waals surface area contributed by atoms with Crippen molar-refractivity contribution < 1.29 is 4.52 Å². The largest absolute Gasteiger partial charge is 0.371 e. The van der Waals surface area contributed by atoms with Crippen LogP contribution in [0.5, 0.6) is 0 Å². The molecule has 2 aromatic rings. The molecule has 1 saturated heterocycles. The van der Waals surface area contributed by atoms with Gasteiger partial charge in [0.2, 0.25) is 0 Å². The van der Waals surface area contributed by atoms with E-state index in [-0.39, 0.29) is 0 Å². The minimum absolute atomic E-state index is 0.624. The molecule has 0 saturated carbocycles. The zero-order valence-electron chi connectivity index (χ0n) is 15.7. The Hall–Kier alpha value is -1.85. The Kier molecular flexibility index (Phi) is 6.10. The van der Waals surface area contributed by atoms with E-state index in [4.69, 9.17) is 4.52 Å². The average molecular weight is 342 g/mol. The van der Waals surface area contributed by atoms with E-state index >= 15 is 0 Å². The van der Waals surface area contributed by atoms with Crippen molar-refractivity contribution in [3.63, 3.8) is 0 Å². The Morgan fingerprint density at radius 3 is 2.72 bits per heavy atom. The number of aromatic nitrogens is 1. The summed E-state index contributed by atoms with van der Waals surface area (Å²) < 4.78 is 5.35. The highest BCUT2D eigenvalue weighted by Gasteiger charge is 2.22. The van der Waals surface area contributed by atoms with Gasteiger partial charge in [-0.25, -0.2) is 0 Å². The van der Waals surface area contributed by atoms with Crippen LogP contribution in [0.15, 0.2) is 34.9 Å². The normalized spacial score (nSPS) is 16.3. The fourth-order valence-corrected chi connectivity index (χ4v) is 3.51. The number of aryl methyl sites for hydroxylation is 1. The van der Waals surface area contributed by atoms with E-state index in [0.717, 1.165) is 24.4 Å². The van der Waals surface area contributed by atoms with Gasteiger partial charge in [0.1, 0.15) is 0 Å². The van der Waals surface area contributed by atoms with E-state index in [1.807, 2.05) is 6.07 Å². The van der Waals surface area contributed by atoms with E-state index in [2.05, 4.69) is 65.6 Å². The molecule has 1 aromatic carbocycles.